The molecule has 4 heteroatoms. The first kappa shape index (κ1) is 12.6. The summed E-state index contributed by atoms with van der Waals surface area (Å²) in [6.07, 6.45) is 1.06. The molecule has 96 valence electrons. The molecule has 18 heavy (non-hydrogen) atoms. The normalized spacial score (nSPS) is 10.9. The molecule has 0 N–H and O–H groups in total. The zero-order chi connectivity index (χ0) is 13.0. The Morgan fingerprint density at radius 3 is 2.50 bits per heavy atom. The molecule has 0 aliphatic heterocycles. The van der Waals surface area contributed by atoms with Crippen LogP contribution < -0.4 is 4.74 Å². The van der Waals surface area contributed by atoms with Crippen molar-refractivity contribution in [1.29, 1.82) is 0 Å². The largest absolute Gasteiger partial charge is 0.494 e. The van der Waals surface area contributed by atoms with E-state index in [1.807, 2.05) is 24.3 Å². The van der Waals surface area contributed by atoms with Crippen molar-refractivity contribution in [3.05, 3.63) is 30.2 Å². The molecule has 0 fully saturated rings. The average molecular weight is 246 g/mol. The summed E-state index contributed by atoms with van der Waals surface area (Å²) in [5, 5.41) is 3.87. The third kappa shape index (κ3) is 3.32. The van der Waals surface area contributed by atoms with Crippen LogP contribution in [0.5, 0.6) is 5.75 Å². The van der Waals surface area contributed by atoms with Crippen LogP contribution in [0, 0.1) is 12.8 Å². The molecule has 0 amide bonds. The van der Waals surface area contributed by atoms with E-state index in [4.69, 9.17) is 9.26 Å². The Balaban J connectivity index is 1.97. The fourth-order valence-electron chi connectivity index (χ4n) is 1.53. The molecule has 0 unspecified atom stereocenters. The zero-order valence-corrected chi connectivity index (χ0v) is 11.0. The van der Waals surface area contributed by atoms with E-state index in [0.29, 0.717) is 17.6 Å². The summed E-state index contributed by atoms with van der Waals surface area (Å²) in [6, 6.07) is 7.74. The molecule has 0 saturated heterocycles. The van der Waals surface area contributed by atoms with Gasteiger partial charge in [0.25, 0.3) is 0 Å². The van der Waals surface area contributed by atoms with Gasteiger partial charge >= 0.3 is 0 Å². The van der Waals surface area contributed by atoms with Gasteiger partial charge in [0.15, 0.2) is 0 Å². The van der Waals surface area contributed by atoms with E-state index < -0.39 is 0 Å². The summed E-state index contributed by atoms with van der Waals surface area (Å²) >= 11 is 0. The molecule has 1 aromatic carbocycles. The van der Waals surface area contributed by atoms with Gasteiger partial charge in [-0.15, -0.1) is 0 Å². The highest BCUT2D eigenvalue weighted by atomic mass is 16.5. The SMILES string of the molecule is Cc1nc(-c2ccc(OCCC(C)C)cc2)no1. The van der Waals surface area contributed by atoms with Gasteiger partial charge in [0.05, 0.1) is 6.61 Å². The molecular weight excluding hydrogens is 228 g/mol. The molecule has 0 aliphatic carbocycles. The predicted octanol–water partition coefficient (Wildman–Crippen LogP) is 3.47. The number of ether oxygens (including phenoxy) is 1. The van der Waals surface area contributed by atoms with Crippen molar-refractivity contribution in [1.82, 2.24) is 10.1 Å². The molecule has 1 aromatic heterocycles. The van der Waals surface area contributed by atoms with Crippen LogP contribution in [0.15, 0.2) is 28.8 Å². The molecule has 0 saturated carbocycles. The average Bonchev–Trinajstić information content (AvgIpc) is 2.76. The number of hydrogen-bond donors (Lipinski definition) is 0. The van der Waals surface area contributed by atoms with E-state index in [9.17, 15) is 0 Å². The maximum Gasteiger partial charge on any atom is 0.223 e. The van der Waals surface area contributed by atoms with E-state index in [1.165, 1.54) is 0 Å². The van der Waals surface area contributed by atoms with Gasteiger partial charge in [0.1, 0.15) is 5.75 Å². The topological polar surface area (TPSA) is 48.2 Å². The molecule has 2 aromatic rings. The van der Waals surface area contributed by atoms with E-state index in [0.717, 1.165) is 24.3 Å². The zero-order valence-electron chi connectivity index (χ0n) is 11.0. The number of benzene rings is 1. The third-order valence-corrected chi connectivity index (χ3v) is 2.60. The van der Waals surface area contributed by atoms with Gasteiger partial charge in [-0.3, -0.25) is 0 Å². The first-order chi connectivity index (χ1) is 8.65. The van der Waals surface area contributed by atoms with Crippen LogP contribution in [0.4, 0.5) is 0 Å². The van der Waals surface area contributed by atoms with E-state index in [2.05, 4.69) is 24.0 Å². The highest BCUT2D eigenvalue weighted by Gasteiger charge is 2.05. The van der Waals surface area contributed by atoms with Gasteiger partial charge in [-0.05, 0) is 36.6 Å². The van der Waals surface area contributed by atoms with Crippen LogP contribution in [0.3, 0.4) is 0 Å². The molecule has 2 rings (SSSR count). The molecular formula is C14H18N2O2. The Morgan fingerprint density at radius 1 is 1.22 bits per heavy atom. The van der Waals surface area contributed by atoms with Gasteiger partial charge in [0.2, 0.25) is 11.7 Å². The lowest BCUT2D eigenvalue weighted by Gasteiger charge is -2.07. The minimum atomic E-state index is 0.572. The highest BCUT2D eigenvalue weighted by molar-refractivity contribution is 5.55. The number of aryl methyl sites for hydroxylation is 1. The quantitative estimate of drug-likeness (QED) is 0.810. The number of rotatable bonds is 5. The first-order valence-corrected chi connectivity index (χ1v) is 6.18. The summed E-state index contributed by atoms with van der Waals surface area (Å²) < 4.78 is 10.6. The smallest absolute Gasteiger partial charge is 0.223 e. The summed E-state index contributed by atoms with van der Waals surface area (Å²) in [7, 11) is 0. The second-order valence-corrected chi connectivity index (χ2v) is 4.69. The van der Waals surface area contributed by atoms with Crippen LogP contribution >= 0.6 is 0 Å². The molecule has 0 bridgehead atoms. The predicted molar refractivity (Wildman–Crippen MR) is 69.4 cm³/mol. The van der Waals surface area contributed by atoms with Crippen LogP contribution in [-0.2, 0) is 0 Å². The van der Waals surface area contributed by atoms with Gasteiger partial charge in [-0.2, -0.15) is 4.98 Å². The summed E-state index contributed by atoms with van der Waals surface area (Å²) in [4.78, 5) is 4.18. The molecule has 0 aliphatic rings. The van der Waals surface area contributed by atoms with Crippen LogP contribution in [0.25, 0.3) is 11.4 Å². The monoisotopic (exact) mass is 246 g/mol. The molecule has 0 atom stereocenters. The van der Waals surface area contributed by atoms with Gasteiger partial charge in [-0.25, -0.2) is 0 Å². The van der Waals surface area contributed by atoms with Crippen molar-refractivity contribution in [2.45, 2.75) is 27.2 Å². The Bertz CT molecular complexity index is 489. The maximum absolute atomic E-state index is 5.65. The Labute approximate surface area is 107 Å². The number of aromatic nitrogens is 2. The first-order valence-electron chi connectivity index (χ1n) is 6.18. The van der Waals surface area contributed by atoms with Gasteiger partial charge in [0, 0.05) is 12.5 Å². The van der Waals surface area contributed by atoms with Crippen molar-refractivity contribution >= 4 is 0 Å². The van der Waals surface area contributed by atoms with Crippen molar-refractivity contribution in [2.75, 3.05) is 6.61 Å². The Kier molecular flexibility index (Phi) is 3.97. The Morgan fingerprint density at radius 2 is 1.94 bits per heavy atom. The fourth-order valence-corrected chi connectivity index (χ4v) is 1.53. The second kappa shape index (κ2) is 5.67. The van der Waals surface area contributed by atoms with E-state index in [1.54, 1.807) is 6.92 Å². The van der Waals surface area contributed by atoms with Crippen LogP contribution in [0.2, 0.25) is 0 Å². The minimum absolute atomic E-state index is 0.572. The van der Waals surface area contributed by atoms with E-state index >= 15 is 0 Å². The summed E-state index contributed by atoms with van der Waals surface area (Å²) in [6.45, 7) is 6.90. The molecule has 0 radical (unpaired) electrons. The molecule has 1 heterocycles. The van der Waals surface area contributed by atoms with Crippen LogP contribution in [-0.4, -0.2) is 16.7 Å². The third-order valence-electron chi connectivity index (χ3n) is 2.60. The number of nitrogens with zero attached hydrogens (tertiary/aromatic N) is 2. The van der Waals surface area contributed by atoms with Gasteiger partial charge in [-0.1, -0.05) is 19.0 Å². The van der Waals surface area contributed by atoms with Crippen molar-refractivity contribution in [2.24, 2.45) is 5.92 Å². The maximum atomic E-state index is 5.65. The van der Waals surface area contributed by atoms with Crippen molar-refractivity contribution in [3.8, 4) is 17.1 Å². The lowest BCUT2D eigenvalue weighted by molar-refractivity contribution is 0.289. The molecule has 4 nitrogen and oxygen atoms in total. The number of hydrogen-bond acceptors (Lipinski definition) is 4. The lowest BCUT2D eigenvalue weighted by atomic mass is 10.1. The van der Waals surface area contributed by atoms with E-state index in [-0.39, 0.29) is 0 Å². The highest BCUT2D eigenvalue weighted by Crippen LogP contribution is 2.20. The van der Waals surface area contributed by atoms with Crippen molar-refractivity contribution < 1.29 is 9.26 Å². The Hall–Kier alpha value is -1.84. The lowest BCUT2D eigenvalue weighted by Crippen LogP contribution is -2.01. The molecule has 0 spiro atoms. The van der Waals surface area contributed by atoms with Crippen LogP contribution in [0.1, 0.15) is 26.2 Å². The van der Waals surface area contributed by atoms with Crippen molar-refractivity contribution in [3.63, 3.8) is 0 Å². The van der Waals surface area contributed by atoms with Gasteiger partial charge < -0.3 is 9.26 Å². The second-order valence-electron chi connectivity index (χ2n) is 4.69. The fraction of sp³-hybridized carbons (Fsp3) is 0.429. The summed E-state index contributed by atoms with van der Waals surface area (Å²) in [5.74, 6) is 2.72. The standard InChI is InChI=1S/C14H18N2O2/c1-10(2)8-9-17-13-6-4-12(5-7-13)14-15-11(3)18-16-14/h4-7,10H,8-9H2,1-3H3. The summed E-state index contributed by atoms with van der Waals surface area (Å²) in [5.41, 5.74) is 0.933. The minimum Gasteiger partial charge on any atom is -0.494 e.